The third-order valence-corrected chi connectivity index (χ3v) is 14.6. The number of aromatic nitrogens is 3. The highest BCUT2D eigenvalue weighted by molar-refractivity contribution is 7.26. The molecule has 0 saturated carbocycles. The standard InChI is InChI=1S/C57H37N3S2/c1-3-40-41(4-2)47-31-35(24-27-45(47)44-19-9-8-18-43(40)44)36-25-28-52-49(32-36)54-42(21-13-23-53(54)62-52)37-16-12-17-38(30-37)56-58-55(34-14-6-5-7-15-34)59-57(60-56)39-26-29-51-48(33-39)46-20-10-11-22-50(46)61-51/h3-8,10-18,20-33H,1-2,9,19H2. The highest BCUT2D eigenvalue weighted by Crippen LogP contribution is 2.44. The van der Waals surface area contributed by atoms with Gasteiger partial charge in [-0.05, 0) is 123 Å². The second kappa shape index (κ2) is 14.7. The molecular weight excluding hydrogens is 791 g/mol. The summed E-state index contributed by atoms with van der Waals surface area (Å²) in [5.41, 5.74) is 12.5. The van der Waals surface area contributed by atoms with Crippen molar-refractivity contribution in [2.75, 3.05) is 0 Å². The molecule has 0 aliphatic heterocycles. The van der Waals surface area contributed by atoms with Crippen molar-refractivity contribution in [2.45, 2.75) is 12.8 Å². The summed E-state index contributed by atoms with van der Waals surface area (Å²) in [5, 5.41) is 7.50. The second-order valence-electron chi connectivity index (χ2n) is 15.9. The molecule has 292 valence electrons. The number of rotatable bonds is 7. The Morgan fingerprint density at radius 3 is 1.85 bits per heavy atom. The van der Waals surface area contributed by atoms with Crippen LogP contribution >= 0.6 is 22.7 Å². The molecule has 62 heavy (non-hydrogen) atoms. The molecular formula is C57H37N3S2. The Morgan fingerprint density at radius 1 is 0.435 bits per heavy atom. The van der Waals surface area contributed by atoms with Gasteiger partial charge in [0.2, 0.25) is 0 Å². The summed E-state index contributed by atoms with van der Waals surface area (Å²) >= 11 is 3.65. The fourth-order valence-electron chi connectivity index (χ4n) is 9.42. The van der Waals surface area contributed by atoms with E-state index in [1.807, 2.05) is 53.0 Å². The van der Waals surface area contributed by atoms with Gasteiger partial charge in [-0.1, -0.05) is 135 Å². The molecule has 1 aliphatic carbocycles. The molecule has 0 bridgehead atoms. The minimum atomic E-state index is 0.641. The SMILES string of the molecule is C=Cc1c2c(c3ccc(-c4ccc5sc6cccc(-c7cccc(-c8nc(-c9ccccc9)nc(-c9ccc%10sc%11ccccc%11c%10c9)n8)c7)c6c5c4)cc3c1C=C)CCC=C2. The van der Waals surface area contributed by atoms with Crippen LogP contribution in [0.25, 0.3) is 126 Å². The fraction of sp³-hybridized carbons (Fsp3) is 0.0351. The molecule has 0 amide bonds. The van der Waals surface area contributed by atoms with Crippen LogP contribution in [0.2, 0.25) is 0 Å². The van der Waals surface area contributed by atoms with Crippen LogP contribution in [0.5, 0.6) is 0 Å². The first-order chi connectivity index (χ1) is 30.6. The third-order valence-electron chi connectivity index (χ3n) is 12.4. The summed E-state index contributed by atoms with van der Waals surface area (Å²) in [6.45, 7) is 8.45. The normalized spacial score (nSPS) is 12.5. The minimum absolute atomic E-state index is 0.641. The molecule has 0 atom stereocenters. The summed E-state index contributed by atoms with van der Waals surface area (Å²) in [6.07, 6.45) is 10.6. The quantitative estimate of drug-likeness (QED) is 0.161. The van der Waals surface area contributed by atoms with Gasteiger partial charge >= 0.3 is 0 Å². The summed E-state index contributed by atoms with van der Waals surface area (Å²) in [6, 6.07) is 54.6. The van der Waals surface area contributed by atoms with Crippen molar-refractivity contribution in [3.8, 4) is 56.4 Å². The molecule has 0 N–H and O–H groups in total. The molecule has 3 heterocycles. The number of nitrogens with zero attached hydrogens (tertiary/aromatic N) is 3. The van der Waals surface area contributed by atoms with Crippen LogP contribution in [0.3, 0.4) is 0 Å². The van der Waals surface area contributed by atoms with Crippen molar-refractivity contribution in [3.05, 3.63) is 193 Å². The topological polar surface area (TPSA) is 38.7 Å². The van der Waals surface area contributed by atoms with Gasteiger partial charge in [0.25, 0.3) is 0 Å². The molecule has 0 spiro atoms. The van der Waals surface area contributed by atoms with Crippen molar-refractivity contribution in [2.24, 2.45) is 0 Å². The monoisotopic (exact) mass is 827 g/mol. The zero-order valence-corrected chi connectivity index (χ0v) is 35.4. The summed E-state index contributed by atoms with van der Waals surface area (Å²) < 4.78 is 5.05. The highest BCUT2D eigenvalue weighted by Gasteiger charge is 2.19. The first kappa shape index (κ1) is 36.5. The molecule has 11 aromatic rings. The van der Waals surface area contributed by atoms with E-state index in [1.54, 1.807) is 0 Å². The molecule has 1 aliphatic rings. The number of hydrogen-bond acceptors (Lipinski definition) is 5. The van der Waals surface area contributed by atoms with Gasteiger partial charge in [0, 0.05) is 57.0 Å². The molecule has 5 heteroatoms. The Balaban J connectivity index is 0.986. The van der Waals surface area contributed by atoms with Crippen molar-refractivity contribution in [3.63, 3.8) is 0 Å². The van der Waals surface area contributed by atoms with Crippen molar-refractivity contribution < 1.29 is 0 Å². The predicted octanol–water partition coefficient (Wildman–Crippen LogP) is 16.3. The summed E-state index contributed by atoms with van der Waals surface area (Å²) in [7, 11) is 0. The van der Waals surface area contributed by atoms with E-state index < -0.39 is 0 Å². The lowest BCUT2D eigenvalue weighted by molar-refractivity contribution is 0.996. The van der Waals surface area contributed by atoms with Gasteiger partial charge in [0.1, 0.15) is 0 Å². The maximum absolute atomic E-state index is 5.19. The van der Waals surface area contributed by atoms with Gasteiger partial charge in [-0.15, -0.1) is 22.7 Å². The van der Waals surface area contributed by atoms with Gasteiger partial charge in [-0.3, -0.25) is 0 Å². The Hall–Kier alpha value is -7.31. The summed E-state index contributed by atoms with van der Waals surface area (Å²) in [4.78, 5) is 15.4. The fourth-order valence-corrected chi connectivity index (χ4v) is 11.6. The molecule has 8 aromatic carbocycles. The van der Waals surface area contributed by atoms with E-state index in [0.29, 0.717) is 17.5 Å². The lowest BCUT2D eigenvalue weighted by Crippen LogP contribution is -2.01. The Kier molecular flexibility index (Phi) is 8.66. The van der Waals surface area contributed by atoms with E-state index in [2.05, 4.69) is 159 Å². The van der Waals surface area contributed by atoms with E-state index in [1.165, 1.54) is 84.5 Å². The molecule has 0 saturated heterocycles. The van der Waals surface area contributed by atoms with E-state index >= 15 is 0 Å². The molecule has 3 nitrogen and oxygen atoms in total. The van der Waals surface area contributed by atoms with E-state index in [0.717, 1.165) is 40.7 Å². The maximum atomic E-state index is 5.19. The van der Waals surface area contributed by atoms with E-state index in [-0.39, 0.29) is 0 Å². The number of allylic oxidation sites excluding steroid dienone is 1. The van der Waals surface area contributed by atoms with Crippen LogP contribution in [0.4, 0.5) is 0 Å². The Labute approximate surface area is 367 Å². The van der Waals surface area contributed by atoms with Crippen LogP contribution in [0.15, 0.2) is 171 Å². The summed E-state index contributed by atoms with van der Waals surface area (Å²) in [5.74, 6) is 1.94. The lowest BCUT2D eigenvalue weighted by Gasteiger charge is -2.20. The first-order valence-corrected chi connectivity index (χ1v) is 22.6. The second-order valence-corrected chi connectivity index (χ2v) is 18.1. The number of aryl methyl sites for hydroxylation is 1. The van der Waals surface area contributed by atoms with Gasteiger partial charge < -0.3 is 0 Å². The predicted molar refractivity (Wildman–Crippen MR) is 268 cm³/mol. The average Bonchev–Trinajstić information content (AvgIpc) is 3.91. The van der Waals surface area contributed by atoms with Gasteiger partial charge in [-0.2, -0.15) is 0 Å². The highest BCUT2D eigenvalue weighted by atomic mass is 32.1. The number of fused-ring (bicyclic) bond motifs is 9. The molecule has 0 radical (unpaired) electrons. The van der Waals surface area contributed by atoms with Gasteiger partial charge in [-0.25, -0.2) is 15.0 Å². The maximum Gasteiger partial charge on any atom is 0.164 e. The van der Waals surface area contributed by atoms with Gasteiger partial charge in [0.05, 0.1) is 0 Å². The van der Waals surface area contributed by atoms with Crippen LogP contribution in [-0.2, 0) is 6.42 Å². The smallest absolute Gasteiger partial charge is 0.164 e. The largest absolute Gasteiger partial charge is 0.208 e. The molecule has 0 fully saturated rings. The third kappa shape index (κ3) is 5.96. The minimum Gasteiger partial charge on any atom is -0.208 e. The Morgan fingerprint density at radius 2 is 1.03 bits per heavy atom. The number of hydrogen-bond donors (Lipinski definition) is 0. The van der Waals surface area contributed by atoms with Crippen molar-refractivity contribution >= 4 is 92.0 Å². The number of thiophene rings is 2. The first-order valence-electron chi connectivity index (χ1n) is 21.0. The Bertz CT molecular complexity index is 3680. The zero-order valence-electron chi connectivity index (χ0n) is 33.7. The lowest BCUT2D eigenvalue weighted by atomic mass is 9.83. The van der Waals surface area contributed by atoms with E-state index in [4.69, 9.17) is 15.0 Å². The van der Waals surface area contributed by atoms with Gasteiger partial charge in [0.15, 0.2) is 17.5 Å². The molecule has 3 aromatic heterocycles. The average molecular weight is 828 g/mol. The number of benzene rings is 8. The molecule has 0 unspecified atom stereocenters. The van der Waals surface area contributed by atoms with Crippen LogP contribution in [0, 0.1) is 0 Å². The van der Waals surface area contributed by atoms with Crippen LogP contribution in [0.1, 0.15) is 28.7 Å². The van der Waals surface area contributed by atoms with Crippen molar-refractivity contribution in [1.82, 2.24) is 15.0 Å². The van der Waals surface area contributed by atoms with Crippen LogP contribution < -0.4 is 0 Å². The van der Waals surface area contributed by atoms with Crippen LogP contribution in [-0.4, -0.2) is 15.0 Å². The van der Waals surface area contributed by atoms with Crippen molar-refractivity contribution in [1.29, 1.82) is 0 Å². The molecule has 12 rings (SSSR count). The van der Waals surface area contributed by atoms with E-state index in [9.17, 15) is 0 Å². The zero-order chi connectivity index (χ0) is 41.3.